The minimum Gasteiger partial charge on any atom is -0.459 e. The molecule has 2 N–H and O–H groups in total. The standard InChI is InChI=1S/C13H18BrNO2/c1-8-5-9(7-10(14)6-8)11(15)12(16)17-13(2,3)4/h5-7,11H,15H2,1-4H3. The third-order valence-corrected chi connectivity index (χ3v) is 2.54. The van der Waals surface area contributed by atoms with Crippen molar-refractivity contribution in [1.29, 1.82) is 0 Å². The molecule has 1 unspecified atom stereocenters. The van der Waals surface area contributed by atoms with Gasteiger partial charge in [0.1, 0.15) is 11.6 Å². The van der Waals surface area contributed by atoms with E-state index in [0.29, 0.717) is 0 Å². The highest BCUT2D eigenvalue weighted by atomic mass is 79.9. The number of aryl methyl sites for hydroxylation is 1. The Morgan fingerprint density at radius 3 is 2.41 bits per heavy atom. The molecule has 0 aliphatic rings. The van der Waals surface area contributed by atoms with Crippen molar-refractivity contribution in [3.05, 3.63) is 33.8 Å². The van der Waals surface area contributed by atoms with Crippen LogP contribution in [0.1, 0.15) is 37.9 Å². The van der Waals surface area contributed by atoms with Gasteiger partial charge in [-0.25, -0.2) is 4.79 Å². The van der Waals surface area contributed by atoms with E-state index in [4.69, 9.17) is 10.5 Å². The zero-order valence-corrected chi connectivity index (χ0v) is 12.2. The van der Waals surface area contributed by atoms with E-state index in [-0.39, 0.29) is 0 Å². The molecule has 4 heteroatoms. The lowest BCUT2D eigenvalue weighted by Crippen LogP contribution is -2.31. The van der Waals surface area contributed by atoms with Gasteiger partial charge in [0.25, 0.3) is 0 Å². The summed E-state index contributed by atoms with van der Waals surface area (Å²) in [5.41, 5.74) is 7.18. The van der Waals surface area contributed by atoms with Crippen LogP contribution in [0.5, 0.6) is 0 Å². The zero-order chi connectivity index (χ0) is 13.2. The fraction of sp³-hybridized carbons (Fsp3) is 0.462. The molecule has 0 aliphatic heterocycles. The van der Waals surface area contributed by atoms with Gasteiger partial charge in [0.05, 0.1) is 0 Å². The average Bonchev–Trinajstić information content (AvgIpc) is 2.12. The van der Waals surface area contributed by atoms with Crippen LogP contribution in [0.25, 0.3) is 0 Å². The topological polar surface area (TPSA) is 52.3 Å². The number of hydrogen-bond donors (Lipinski definition) is 1. The normalized spacial score (nSPS) is 13.3. The van der Waals surface area contributed by atoms with Gasteiger partial charge in [-0.1, -0.05) is 22.0 Å². The molecule has 0 saturated heterocycles. The lowest BCUT2D eigenvalue weighted by atomic mass is 10.0. The van der Waals surface area contributed by atoms with Crippen LogP contribution in [-0.4, -0.2) is 11.6 Å². The Morgan fingerprint density at radius 1 is 1.35 bits per heavy atom. The van der Waals surface area contributed by atoms with E-state index in [1.54, 1.807) is 0 Å². The van der Waals surface area contributed by atoms with Gasteiger partial charge < -0.3 is 10.5 Å². The fourth-order valence-corrected chi connectivity index (χ4v) is 2.07. The van der Waals surface area contributed by atoms with Crippen LogP contribution in [0.15, 0.2) is 22.7 Å². The predicted octanol–water partition coefficient (Wildman–Crippen LogP) is 3.10. The van der Waals surface area contributed by atoms with Gasteiger partial charge in [-0.2, -0.15) is 0 Å². The summed E-state index contributed by atoms with van der Waals surface area (Å²) >= 11 is 3.38. The number of carbonyl (C=O) groups excluding carboxylic acids is 1. The summed E-state index contributed by atoms with van der Waals surface area (Å²) in [7, 11) is 0. The van der Waals surface area contributed by atoms with E-state index >= 15 is 0 Å². The van der Waals surface area contributed by atoms with Crippen molar-refractivity contribution in [2.75, 3.05) is 0 Å². The Balaban J connectivity index is 2.89. The number of carbonyl (C=O) groups is 1. The molecule has 1 aromatic carbocycles. The fourth-order valence-electron chi connectivity index (χ4n) is 1.45. The van der Waals surface area contributed by atoms with E-state index in [0.717, 1.165) is 15.6 Å². The van der Waals surface area contributed by atoms with Crippen LogP contribution >= 0.6 is 15.9 Å². The molecule has 1 atom stereocenters. The smallest absolute Gasteiger partial charge is 0.328 e. The Morgan fingerprint density at radius 2 is 1.94 bits per heavy atom. The summed E-state index contributed by atoms with van der Waals surface area (Å²) in [5.74, 6) is -0.407. The number of esters is 1. The molecule has 0 fully saturated rings. The molecule has 0 spiro atoms. The van der Waals surface area contributed by atoms with Crippen molar-refractivity contribution in [1.82, 2.24) is 0 Å². The van der Waals surface area contributed by atoms with Gasteiger partial charge in [-0.3, -0.25) is 0 Å². The molecular formula is C13H18BrNO2. The first-order valence-electron chi connectivity index (χ1n) is 5.44. The molecule has 0 bridgehead atoms. The van der Waals surface area contributed by atoms with E-state index in [9.17, 15) is 4.79 Å². The van der Waals surface area contributed by atoms with Gasteiger partial charge >= 0.3 is 5.97 Å². The zero-order valence-electron chi connectivity index (χ0n) is 10.6. The minimum atomic E-state index is -0.745. The summed E-state index contributed by atoms with van der Waals surface area (Å²) in [4.78, 5) is 11.8. The van der Waals surface area contributed by atoms with Crippen molar-refractivity contribution in [3.8, 4) is 0 Å². The first-order chi connectivity index (χ1) is 7.69. The highest BCUT2D eigenvalue weighted by molar-refractivity contribution is 9.10. The maximum Gasteiger partial charge on any atom is 0.328 e. The minimum absolute atomic E-state index is 0.407. The second-order valence-electron chi connectivity index (χ2n) is 5.07. The molecule has 1 rings (SSSR count). The molecule has 0 aliphatic carbocycles. The number of ether oxygens (including phenoxy) is 1. The monoisotopic (exact) mass is 299 g/mol. The third-order valence-electron chi connectivity index (χ3n) is 2.08. The van der Waals surface area contributed by atoms with Crippen LogP contribution in [0.2, 0.25) is 0 Å². The molecule has 0 saturated carbocycles. The summed E-state index contributed by atoms with van der Waals surface area (Å²) < 4.78 is 6.16. The largest absolute Gasteiger partial charge is 0.459 e. The lowest BCUT2D eigenvalue weighted by molar-refractivity contribution is -0.156. The summed E-state index contributed by atoms with van der Waals surface area (Å²) in [6.07, 6.45) is 0. The number of halogens is 1. The Bertz CT molecular complexity index is 404. The summed E-state index contributed by atoms with van der Waals surface area (Å²) in [6, 6.07) is 4.94. The molecule has 0 aromatic heterocycles. The molecule has 0 heterocycles. The van der Waals surface area contributed by atoms with Crippen molar-refractivity contribution in [2.45, 2.75) is 39.3 Å². The highest BCUT2D eigenvalue weighted by Gasteiger charge is 2.23. The Kier molecular flexibility index (Phi) is 4.33. The number of hydrogen-bond acceptors (Lipinski definition) is 3. The van der Waals surface area contributed by atoms with Crippen molar-refractivity contribution < 1.29 is 9.53 Å². The van der Waals surface area contributed by atoms with Crippen LogP contribution in [0, 0.1) is 6.92 Å². The van der Waals surface area contributed by atoms with Crippen molar-refractivity contribution >= 4 is 21.9 Å². The van der Waals surface area contributed by atoms with Crippen molar-refractivity contribution in [3.63, 3.8) is 0 Å². The van der Waals surface area contributed by atoms with Gasteiger partial charge in [0.2, 0.25) is 0 Å². The molecule has 17 heavy (non-hydrogen) atoms. The maximum atomic E-state index is 11.8. The lowest BCUT2D eigenvalue weighted by Gasteiger charge is -2.22. The molecule has 94 valence electrons. The summed E-state index contributed by atoms with van der Waals surface area (Å²) in [6.45, 7) is 7.42. The molecule has 1 aromatic rings. The number of benzene rings is 1. The number of rotatable bonds is 2. The van der Waals surface area contributed by atoms with E-state index in [2.05, 4.69) is 15.9 Å². The van der Waals surface area contributed by atoms with E-state index in [1.165, 1.54) is 0 Å². The predicted molar refractivity (Wildman–Crippen MR) is 71.7 cm³/mol. The van der Waals surface area contributed by atoms with Crippen LogP contribution in [-0.2, 0) is 9.53 Å². The Hall–Kier alpha value is -0.870. The average molecular weight is 300 g/mol. The maximum absolute atomic E-state index is 11.8. The second kappa shape index (κ2) is 5.19. The molecule has 0 amide bonds. The van der Waals surface area contributed by atoms with Crippen LogP contribution in [0.4, 0.5) is 0 Å². The quantitative estimate of drug-likeness (QED) is 0.854. The first-order valence-corrected chi connectivity index (χ1v) is 6.24. The highest BCUT2D eigenvalue weighted by Crippen LogP contribution is 2.21. The van der Waals surface area contributed by atoms with Crippen LogP contribution in [0.3, 0.4) is 0 Å². The van der Waals surface area contributed by atoms with E-state index < -0.39 is 17.6 Å². The number of nitrogens with two attached hydrogens (primary N) is 1. The van der Waals surface area contributed by atoms with E-state index in [1.807, 2.05) is 45.9 Å². The SMILES string of the molecule is Cc1cc(Br)cc(C(N)C(=O)OC(C)(C)C)c1. The van der Waals surface area contributed by atoms with Gasteiger partial charge in [0.15, 0.2) is 0 Å². The van der Waals surface area contributed by atoms with Crippen LogP contribution < -0.4 is 5.73 Å². The first kappa shape index (κ1) is 14.2. The van der Waals surface area contributed by atoms with Crippen molar-refractivity contribution in [2.24, 2.45) is 5.73 Å². The molecule has 0 radical (unpaired) electrons. The second-order valence-corrected chi connectivity index (χ2v) is 5.99. The molecular weight excluding hydrogens is 282 g/mol. The third kappa shape index (κ3) is 4.48. The van der Waals surface area contributed by atoms with Gasteiger partial charge in [-0.05, 0) is 51.0 Å². The van der Waals surface area contributed by atoms with Gasteiger partial charge in [0, 0.05) is 4.47 Å². The summed E-state index contributed by atoms with van der Waals surface area (Å²) in [5, 5.41) is 0. The van der Waals surface area contributed by atoms with Gasteiger partial charge in [-0.15, -0.1) is 0 Å². The Labute approximate surface area is 110 Å². The molecule has 3 nitrogen and oxygen atoms in total.